The van der Waals surface area contributed by atoms with Crippen LogP contribution in [0.4, 0.5) is 5.95 Å². The summed E-state index contributed by atoms with van der Waals surface area (Å²) in [6.07, 6.45) is 3.63. The minimum absolute atomic E-state index is 0.0571. The summed E-state index contributed by atoms with van der Waals surface area (Å²) in [6, 6.07) is 11.8. The molecule has 0 radical (unpaired) electrons. The van der Waals surface area contributed by atoms with E-state index in [1.165, 1.54) is 19.3 Å². The summed E-state index contributed by atoms with van der Waals surface area (Å²) in [4.78, 5) is 21.2. The van der Waals surface area contributed by atoms with E-state index in [1.54, 1.807) is 0 Å². The van der Waals surface area contributed by atoms with E-state index in [0.717, 1.165) is 10.9 Å². The number of aromatic amines is 1. The monoisotopic (exact) mass is 319 g/mol. The van der Waals surface area contributed by atoms with E-state index in [-0.39, 0.29) is 11.8 Å². The summed E-state index contributed by atoms with van der Waals surface area (Å²) in [6.45, 7) is 0. The standard InChI is InChI=1S/C18H17N5O/c24-17(15-11-5-3-6-12(11)15)21-18-20-16(22-23-18)14-9-8-10-4-1-2-7-13(10)19-14/h1-2,4,7-9,11-12,15H,3,5-6H2,(H2,20,21,22,23,24). The van der Waals surface area contributed by atoms with Crippen LogP contribution in [0.3, 0.4) is 0 Å². The van der Waals surface area contributed by atoms with Crippen molar-refractivity contribution in [3.05, 3.63) is 36.4 Å². The Morgan fingerprint density at radius 3 is 2.79 bits per heavy atom. The van der Waals surface area contributed by atoms with Crippen molar-refractivity contribution in [3.63, 3.8) is 0 Å². The smallest absolute Gasteiger partial charge is 0.249 e. The highest BCUT2D eigenvalue weighted by Crippen LogP contribution is 2.57. The molecule has 2 aliphatic rings. The van der Waals surface area contributed by atoms with Gasteiger partial charge >= 0.3 is 0 Å². The molecule has 0 bridgehead atoms. The van der Waals surface area contributed by atoms with Crippen LogP contribution in [0.5, 0.6) is 0 Å². The Balaban J connectivity index is 1.35. The Labute approximate surface area is 138 Å². The molecule has 0 saturated heterocycles. The van der Waals surface area contributed by atoms with Crippen LogP contribution in [-0.2, 0) is 4.79 Å². The zero-order chi connectivity index (χ0) is 16.1. The maximum absolute atomic E-state index is 12.3. The fourth-order valence-electron chi connectivity index (χ4n) is 4.03. The van der Waals surface area contributed by atoms with Gasteiger partial charge in [0.2, 0.25) is 11.9 Å². The molecule has 1 amide bonds. The Bertz CT molecular complexity index is 924. The number of amides is 1. The molecule has 5 rings (SSSR count). The first kappa shape index (κ1) is 13.7. The minimum atomic E-state index is 0.0571. The summed E-state index contributed by atoms with van der Waals surface area (Å²) in [7, 11) is 0. The van der Waals surface area contributed by atoms with Crippen LogP contribution >= 0.6 is 0 Å². The highest BCUT2D eigenvalue weighted by Gasteiger charge is 2.56. The van der Waals surface area contributed by atoms with Gasteiger partial charge in [-0.25, -0.2) is 4.98 Å². The molecular formula is C18H17N5O. The second-order valence-electron chi connectivity index (χ2n) is 6.67. The number of hydrogen-bond donors (Lipinski definition) is 2. The second-order valence-corrected chi connectivity index (χ2v) is 6.67. The number of carbonyl (C=O) groups excluding carboxylic acids is 1. The van der Waals surface area contributed by atoms with Gasteiger partial charge in [0.1, 0.15) is 5.69 Å². The number of nitrogens with one attached hydrogen (secondary N) is 2. The number of anilines is 1. The zero-order valence-electron chi connectivity index (χ0n) is 13.1. The summed E-state index contributed by atoms with van der Waals surface area (Å²) < 4.78 is 0. The molecule has 120 valence electrons. The van der Waals surface area contributed by atoms with Crippen molar-refractivity contribution in [2.24, 2.45) is 17.8 Å². The van der Waals surface area contributed by atoms with E-state index in [1.807, 2.05) is 36.4 Å². The van der Waals surface area contributed by atoms with Crippen LogP contribution in [0.25, 0.3) is 22.4 Å². The molecule has 24 heavy (non-hydrogen) atoms. The average Bonchev–Trinajstić information content (AvgIpc) is 2.96. The molecule has 2 aromatic heterocycles. The third-order valence-electron chi connectivity index (χ3n) is 5.27. The predicted molar refractivity (Wildman–Crippen MR) is 90.1 cm³/mol. The van der Waals surface area contributed by atoms with Gasteiger partial charge in [-0.05, 0) is 36.8 Å². The molecule has 2 fully saturated rings. The maximum Gasteiger partial charge on any atom is 0.249 e. The van der Waals surface area contributed by atoms with E-state index in [2.05, 4.69) is 25.5 Å². The van der Waals surface area contributed by atoms with Crippen molar-refractivity contribution in [1.29, 1.82) is 0 Å². The van der Waals surface area contributed by atoms with Crippen molar-refractivity contribution >= 4 is 22.8 Å². The van der Waals surface area contributed by atoms with Crippen LogP contribution in [-0.4, -0.2) is 26.1 Å². The zero-order valence-corrected chi connectivity index (χ0v) is 13.1. The number of rotatable bonds is 3. The summed E-state index contributed by atoms with van der Waals surface area (Å²) in [5.74, 6) is 2.29. The fraction of sp³-hybridized carbons (Fsp3) is 0.333. The van der Waals surface area contributed by atoms with Gasteiger partial charge in [-0.15, -0.1) is 5.10 Å². The third kappa shape index (κ3) is 2.18. The van der Waals surface area contributed by atoms with Crippen LogP contribution in [0, 0.1) is 17.8 Å². The van der Waals surface area contributed by atoms with Crippen LogP contribution in [0.1, 0.15) is 19.3 Å². The molecule has 2 N–H and O–H groups in total. The maximum atomic E-state index is 12.3. The lowest BCUT2D eigenvalue weighted by atomic mass is 10.1. The highest BCUT2D eigenvalue weighted by molar-refractivity contribution is 5.93. The predicted octanol–water partition coefficient (Wildman–Crippen LogP) is 3.00. The van der Waals surface area contributed by atoms with Gasteiger partial charge in [0.25, 0.3) is 0 Å². The molecule has 2 unspecified atom stereocenters. The Hall–Kier alpha value is -2.76. The molecule has 3 aromatic rings. The van der Waals surface area contributed by atoms with Crippen LogP contribution in [0.2, 0.25) is 0 Å². The largest absolute Gasteiger partial charge is 0.293 e. The summed E-state index contributed by atoms with van der Waals surface area (Å²) in [5.41, 5.74) is 1.62. The molecular weight excluding hydrogens is 302 g/mol. The van der Waals surface area contributed by atoms with Crippen LogP contribution < -0.4 is 5.32 Å². The molecule has 0 aliphatic heterocycles. The molecule has 2 aliphatic carbocycles. The first-order valence-corrected chi connectivity index (χ1v) is 8.39. The number of fused-ring (bicyclic) bond motifs is 2. The molecule has 2 atom stereocenters. The molecule has 0 spiro atoms. The number of pyridine rings is 1. The van der Waals surface area contributed by atoms with Gasteiger partial charge in [-0.3, -0.25) is 15.2 Å². The number of para-hydroxylation sites is 1. The van der Waals surface area contributed by atoms with Gasteiger partial charge in [-0.1, -0.05) is 30.7 Å². The summed E-state index contributed by atoms with van der Waals surface area (Å²) in [5, 5.41) is 10.9. The van der Waals surface area contributed by atoms with Gasteiger partial charge in [0, 0.05) is 11.3 Å². The number of carbonyl (C=O) groups is 1. The van der Waals surface area contributed by atoms with E-state index in [4.69, 9.17) is 0 Å². The third-order valence-corrected chi connectivity index (χ3v) is 5.27. The quantitative estimate of drug-likeness (QED) is 0.777. The lowest BCUT2D eigenvalue weighted by molar-refractivity contribution is -0.118. The van der Waals surface area contributed by atoms with E-state index in [0.29, 0.717) is 29.3 Å². The minimum Gasteiger partial charge on any atom is -0.293 e. The average molecular weight is 319 g/mol. The first-order chi connectivity index (χ1) is 11.8. The molecule has 1 aromatic carbocycles. The second kappa shape index (κ2) is 5.12. The highest BCUT2D eigenvalue weighted by atomic mass is 16.2. The van der Waals surface area contributed by atoms with Gasteiger partial charge in [-0.2, -0.15) is 4.98 Å². The van der Waals surface area contributed by atoms with Crippen molar-refractivity contribution in [1.82, 2.24) is 20.2 Å². The lowest BCUT2D eigenvalue weighted by Crippen LogP contribution is -2.17. The number of benzene rings is 1. The normalized spacial score (nSPS) is 24.8. The summed E-state index contributed by atoms with van der Waals surface area (Å²) >= 11 is 0. The van der Waals surface area contributed by atoms with Crippen molar-refractivity contribution in [2.75, 3.05) is 5.32 Å². The Kier molecular flexibility index (Phi) is 2.92. The number of aromatic nitrogens is 4. The topological polar surface area (TPSA) is 83.6 Å². The number of hydrogen-bond acceptors (Lipinski definition) is 4. The SMILES string of the molecule is O=C(Nc1n[nH]c(-c2ccc3ccccc3n2)n1)C1C2CCCC21. The molecule has 6 heteroatoms. The molecule has 2 heterocycles. The van der Waals surface area contributed by atoms with Gasteiger partial charge < -0.3 is 0 Å². The number of H-pyrrole nitrogens is 1. The van der Waals surface area contributed by atoms with Crippen LogP contribution in [0.15, 0.2) is 36.4 Å². The van der Waals surface area contributed by atoms with E-state index < -0.39 is 0 Å². The van der Waals surface area contributed by atoms with Crippen molar-refractivity contribution in [2.45, 2.75) is 19.3 Å². The first-order valence-electron chi connectivity index (χ1n) is 8.39. The van der Waals surface area contributed by atoms with Crippen molar-refractivity contribution < 1.29 is 4.79 Å². The molecule has 6 nitrogen and oxygen atoms in total. The Morgan fingerprint density at radius 2 is 1.92 bits per heavy atom. The molecule has 2 saturated carbocycles. The van der Waals surface area contributed by atoms with E-state index in [9.17, 15) is 4.79 Å². The van der Waals surface area contributed by atoms with Gasteiger partial charge in [0.05, 0.1) is 5.52 Å². The fourth-order valence-corrected chi connectivity index (χ4v) is 4.03. The van der Waals surface area contributed by atoms with Gasteiger partial charge in [0.15, 0.2) is 5.82 Å². The van der Waals surface area contributed by atoms with Crippen molar-refractivity contribution in [3.8, 4) is 11.5 Å². The Morgan fingerprint density at radius 1 is 1.08 bits per heavy atom. The van der Waals surface area contributed by atoms with E-state index >= 15 is 0 Å². The lowest BCUT2D eigenvalue weighted by Gasteiger charge is -2.02. The number of nitrogens with zero attached hydrogens (tertiary/aromatic N) is 3.